The molecule has 1 aromatic carbocycles. The highest BCUT2D eigenvalue weighted by Gasteiger charge is 2.38. The quantitative estimate of drug-likeness (QED) is 0.821. The first-order valence-electron chi connectivity index (χ1n) is 6.33. The summed E-state index contributed by atoms with van der Waals surface area (Å²) < 4.78 is 27.4. The SMILES string of the molecule is CCC1CC1NS(=O)(=O)c1ccccc1CNC. The molecule has 1 fully saturated rings. The van der Waals surface area contributed by atoms with Gasteiger partial charge >= 0.3 is 0 Å². The molecule has 1 aromatic rings. The molecule has 0 radical (unpaired) electrons. The van der Waals surface area contributed by atoms with Crippen LogP contribution < -0.4 is 10.0 Å². The van der Waals surface area contributed by atoms with Crippen molar-refractivity contribution in [3.63, 3.8) is 0 Å². The van der Waals surface area contributed by atoms with E-state index in [2.05, 4.69) is 17.0 Å². The number of nitrogens with one attached hydrogen (secondary N) is 2. The Kier molecular flexibility index (Phi) is 4.04. The summed E-state index contributed by atoms with van der Waals surface area (Å²) in [4.78, 5) is 0.390. The van der Waals surface area contributed by atoms with Crippen LogP contribution in [0.2, 0.25) is 0 Å². The predicted octanol–water partition coefficient (Wildman–Crippen LogP) is 1.48. The van der Waals surface area contributed by atoms with Gasteiger partial charge in [-0.05, 0) is 31.0 Å². The van der Waals surface area contributed by atoms with Gasteiger partial charge in [0, 0.05) is 12.6 Å². The van der Waals surface area contributed by atoms with Crippen molar-refractivity contribution in [2.24, 2.45) is 5.92 Å². The average Bonchev–Trinajstić information content (AvgIpc) is 3.07. The largest absolute Gasteiger partial charge is 0.316 e. The molecule has 2 atom stereocenters. The van der Waals surface area contributed by atoms with Gasteiger partial charge < -0.3 is 5.32 Å². The molecular weight excluding hydrogens is 248 g/mol. The first kappa shape index (κ1) is 13.5. The van der Waals surface area contributed by atoms with Crippen LogP contribution in [0.3, 0.4) is 0 Å². The summed E-state index contributed by atoms with van der Waals surface area (Å²) in [5.74, 6) is 0.510. The van der Waals surface area contributed by atoms with Crippen LogP contribution in [0.1, 0.15) is 25.3 Å². The highest BCUT2D eigenvalue weighted by molar-refractivity contribution is 7.89. The number of hydrogen-bond acceptors (Lipinski definition) is 3. The van der Waals surface area contributed by atoms with Gasteiger partial charge in [-0.2, -0.15) is 0 Å². The highest BCUT2D eigenvalue weighted by atomic mass is 32.2. The maximum Gasteiger partial charge on any atom is 0.241 e. The average molecular weight is 268 g/mol. The normalized spacial score (nSPS) is 23.0. The molecule has 0 spiro atoms. The predicted molar refractivity (Wildman–Crippen MR) is 71.7 cm³/mol. The summed E-state index contributed by atoms with van der Waals surface area (Å²) in [7, 11) is -1.57. The van der Waals surface area contributed by atoms with E-state index in [1.54, 1.807) is 12.1 Å². The molecule has 0 aromatic heterocycles. The Morgan fingerprint density at radius 2 is 2.06 bits per heavy atom. The van der Waals surface area contributed by atoms with Crippen LogP contribution in [-0.2, 0) is 16.6 Å². The summed E-state index contributed by atoms with van der Waals surface area (Å²) in [6, 6.07) is 7.26. The van der Waals surface area contributed by atoms with E-state index in [9.17, 15) is 8.42 Å². The molecule has 1 aliphatic rings. The van der Waals surface area contributed by atoms with Crippen LogP contribution in [0.15, 0.2) is 29.2 Å². The van der Waals surface area contributed by atoms with Gasteiger partial charge in [0.2, 0.25) is 10.0 Å². The van der Waals surface area contributed by atoms with Crippen molar-refractivity contribution < 1.29 is 8.42 Å². The minimum atomic E-state index is -3.38. The maximum atomic E-state index is 12.3. The van der Waals surface area contributed by atoms with Crippen molar-refractivity contribution in [2.75, 3.05) is 7.05 Å². The Labute approximate surface area is 109 Å². The van der Waals surface area contributed by atoms with E-state index in [1.807, 2.05) is 19.2 Å². The smallest absolute Gasteiger partial charge is 0.241 e. The zero-order valence-electron chi connectivity index (χ0n) is 10.8. The third kappa shape index (κ3) is 2.91. The minimum Gasteiger partial charge on any atom is -0.316 e. The summed E-state index contributed by atoms with van der Waals surface area (Å²) in [6.07, 6.45) is 2.00. The molecule has 0 amide bonds. The highest BCUT2D eigenvalue weighted by Crippen LogP contribution is 2.34. The lowest BCUT2D eigenvalue weighted by Crippen LogP contribution is -2.28. The standard InChI is InChI=1S/C13H20N2O2S/c1-3-10-8-12(10)15-18(16,17)13-7-5-4-6-11(13)9-14-2/h4-7,10,12,14-15H,3,8-9H2,1-2H3. The molecule has 2 N–H and O–H groups in total. The van der Waals surface area contributed by atoms with Gasteiger partial charge in [-0.1, -0.05) is 31.5 Å². The van der Waals surface area contributed by atoms with E-state index in [4.69, 9.17) is 0 Å². The van der Waals surface area contributed by atoms with Crippen molar-refractivity contribution in [1.82, 2.24) is 10.0 Å². The third-order valence-corrected chi connectivity index (χ3v) is 4.97. The molecule has 2 rings (SSSR count). The Balaban J connectivity index is 2.19. The third-order valence-electron chi connectivity index (χ3n) is 3.38. The van der Waals surface area contributed by atoms with Crippen molar-refractivity contribution in [2.45, 2.75) is 37.2 Å². The zero-order chi connectivity index (χ0) is 13.2. The second-order valence-electron chi connectivity index (χ2n) is 4.77. The van der Waals surface area contributed by atoms with Crippen LogP contribution in [0, 0.1) is 5.92 Å². The Morgan fingerprint density at radius 3 is 2.67 bits per heavy atom. The van der Waals surface area contributed by atoms with Crippen molar-refractivity contribution >= 4 is 10.0 Å². The first-order chi connectivity index (χ1) is 8.58. The second kappa shape index (κ2) is 5.38. The van der Waals surface area contributed by atoms with Crippen molar-refractivity contribution in [3.8, 4) is 0 Å². The molecule has 0 saturated heterocycles. The van der Waals surface area contributed by atoms with E-state index < -0.39 is 10.0 Å². The van der Waals surface area contributed by atoms with Crippen molar-refractivity contribution in [3.05, 3.63) is 29.8 Å². The molecule has 5 heteroatoms. The van der Waals surface area contributed by atoms with E-state index in [-0.39, 0.29) is 6.04 Å². The molecule has 2 unspecified atom stereocenters. The van der Waals surface area contributed by atoms with Gasteiger partial charge in [0.1, 0.15) is 0 Å². The van der Waals surface area contributed by atoms with Gasteiger partial charge in [-0.15, -0.1) is 0 Å². The van der Waals surface area contributed by atoms with Crippen LogP contribution in [0.25, 0.3) is 0 Å². The van der Waals surface area contributed by atoms with Crippen LogP contribution in [0.5, 0.6) is 0 Å². The van der Waals surface area contributed by atoms with Gasteiger partial charge in [-0.3, -0.25) is 0 Å². The Bertz CT molecular complexity index is 513. The molecule has 4 nitrogen and oxygen atoms in total. The fraction of sp³-hybridized carbons (Fsp3) is 0.538. The summed E-state index contributed by atoms with van der Waals surface area (Å²) in [5.41, 5.74) is 0.807. The molecule has 0 heterocycles. The minimum absolute atomic E-state index is 0.127. The summed E-state index contributed by atoms with van der Waals surface area (Å²) in [5, 5.41) is 2.99. The van der Waals surface area contributed by atoms with E-state index >= 15 is 0 Å². The topological polar surface area (TPSA) is 58.2 Å². The molecule has 1 saturated carbocycles. The first-order valence-corrected chi connectivity index (χ1v) is 7.81. The molecule has 1 aliphatic carbocycles. The lowest BCUT2D eigenvalue weighted by molar-refractivity contribution is 0.574. The molecule has 0 aliphatic heterocycles. The molecule has 0 bridgehead atoms. The fourth-order valence-corrected chi connectivity index (χ4v) is 3.77. The van der Waals surface area contributed by atoms with Gasteiger partial charge in [0.15, 0.2) is 0 Å². The van der Waals surface area contributed by atoms with Crippen LogP contribution in [0.4, 0.5) is 0 Å². The Morgan fingerprint density at radius 1 is 1.33 bits per heavy atom. The Hall–Kier alpha value is -0.910. The summed E-state index contributed by atoms with van der Waals surface area (Å²) in [6.45, 7) is 2.65. The summed E-state index contributed by atoms with van der Waals surface area (Å²) >= 11 is 0. The second-order valence-corrected chi connectivity index (χ2v) is 6.45. The monoisotopic (exact) mass is 268 g/mol. The maximum absolute atomic E-state index is 12.3. The van der Waals surface area contributed by atoms with E-state index in [0.29, 0.717) is 17.4 Å². The van der Waals surface area contributed by atoms with Gasteiger partial charge in [0.25, 0.3) is 0 Å². The number of benzene rings is 1. The van der Waals surface area contributed by atoms with Gasteiger partial charge in [-0.25, -0.2) is 13.1 Å². The number of rotatable bonds is 6. The van der Waals surface area contributed by atoms with Crippen LogP contribution >= 0.6 is 0 Å². The fourth-order valence-electron chi connectivity index (χ4n) is 2.21. The van der Waals surface area contributed by atoms with E-state index in [0.717, 1.165) is 18.4 Å². The molecule has 100 valence electrons. The molecule has 18 heavy (non-hydrogen) atoms. The number of sulfonamides is 1. The van der Waals surface area contributed by atoms with Crippen molar-refractivity contribution in [1.29, 1.82) is 0 Å². The number of hydrogen-bond donors (Lipinski definition) is 2. The molecular formula is C13H20N2O2S. The van der Waals surface area contributed by atoms with Crippen LogP contribution in [-0.4, -0.2) is 21.5 Å². The lowest BCUT2D eigenvalue weighted by Gasteiger charge is -2.11. The van der Waals surface area contributed by atoms with E-state index in [1.165, 1.54) is 0 Å². The zero-order valence-corrected chi connectivity index (χ0v) is 11.6. The van der Waals surface area contributed by atoms with Gasteiger partial charge in [0.05, 0.1) is 4.90 Å². The lowest BCUT2D eigenvalue weighted by atomic mass is 10.2.